The molecule has 0 aromatic heterocycles. The minimum atomic E-state index is -1.35. The summed E-state index contributed by atoms with van der Waals surface area (Å²) in [5.74, 6) is 3.12. The lowest BCUT2D eigenvalue weighted by atomic mass is 10.1. The topological polar surface area (TPSA) is 0 Å². The third kappa shape index (κ3) is 6.66. The second-order valence-electron chi connectivity index (χ2n) is 7.60. The highest BCUT2D eigenvalue weighted by Gasteiger charge is 2.40. The third-order valence-electron chi connectivity index (χ3n) is 5.10. The molecule has 0 spiro atoms. The van der Waals surface area contributed by atoms with Crippen molar-refractivity contribution in [2.45, 2.75) is 103 Å². The first-order valence-corrected chi connectivity index (χ1v) is 11.3. The number of hydrogen-bond acceptors (Lipinski definition) is 0. The summed E-state index contributed by atoms with van der Waals surface area (Å²) >= 11 is 0. The van der Waals surface area contributed by atoms with E-state index in [9.17, 15) is 0 Å². The molecule has 0 rings (SSSR count). The van der Waals surface area contributed by atoms with E-state index in [-0.39, 0.29) is 0 Å². The molecule has 0 saturated carbocycles. The van der Waals surface area contributed by atoms with Gasteiger partial charge in [-0.2, -0.15) is 0 Å². The maximum atomic E-state index is 5.82. The van der Waals surface area contributed by atoms with Gasteiger partial charge in [0.15, 0.2) is 0 Å². The van der Waals surface area contributed by atoms with E-state index >= 15 is 0 Å². The Balaban J connectivity index is 4.00. The second kappa shape index (κ2) is 8.85. The first kappa shape index (κ1) is 18.8. The summed E-state index contributed by atoms with van der Waals surface area (Å²) in [4.78, 5) is 0. The molecule has 19 heavy (non-hydrogen) atoms. The molecule has 1 unspecified atom stereocenters. The van der Waals surface area contributed by atoms with Crippen LogP contribution in [-0.2, 0) is 0 Å². The Hall–Kier alpha value is -0.223. The molecule has 0 nitrogen and oxygen atoms in total. The van der Waals surface area contributed by atoms with E-state index in [4.69, 9.17) is 6.42 Å². The van der Waals surface area contributed by atoms with Gasteiger partial charge in [-0.15, -0.1) is 12.3 Å². The highest BCUT2D eigenvalue weighted by Crippen LogP contribution is 2.45. The second-order valence-corrected chi connectivity index (χ2v) is 13.2. The predicted octanol–water partition coefficient (Wildman–Crippen LogP) is 6.64. The highest BCUT2D eigenvalue weighted by atomic mass is 28.3. The van der Waals surface area contributed by atoms with Crippen LogP contribution in [0.5, 0.6) is 0 Å². The molecule has 0 heterocycles. The van der Waals surface area contributed by atoms with Crippen LogP contribution in [0.4, 0.5) is 0 Å². The lowest BCUT2D eigenvalue weighted by Gasteiger charge is -2.41. The van der Waals surface area contributed by atoms with E-state index < -0.39 is 8.07 Å². The van der Waals surface area contributed by atoms with Crippen molar-refractivity contribution in [3.8, 4) is 12.3 Å². The maximum Gasteiger partial charge on any atom is 0.0695 e. The molecule has 0 fully saturated rings. The van der Waals surface area contributed by atoms with E-state index in [1.807, 2.05) is 0 Å². The smallest absolute Gasteiger partial charge is 0.0695 e. The van der Waals surface area contributed by atoms with E-state index in [2.05, 4.69) is 46.7 Å². The molecule has 1 atom stereocenters. The normalized spacial score (nSPS) is 14.2. The quantitative estimate of drug-likeness (QED) is 0.252. The predicted molar refractivity (Wildman–Crippen MR) is 92.4 cm³/mol. The molecule has 0 amide bonds. The van der Waals surface area contributed by atoms with Crippen molar-refractivity contribution >= 4 is 8.07 Å². The molecular weight excluding hydrogens is 244 g/mol. The van der Waals surface area contributed by atoms with Crippen LogP contribution in [0.15, 0.2) is 0 Å². The van der Waals surface area contributed by atoms with Crippen LogP contribution in [-0.4, -0.2) is 8.07 Å². The minimum absolute atomic E-state index is 0.408. The average molecular weight is 281 g/mol. The Bertz CT molecular complexity index is 264. The van der Waals surface area contributed by atoms with Crippen LogP contribution in [0, 0.1) is 12.3 Å². The van der Waals surface area contributed by atoms with Gasteiger partial charge in [-0.3, -0.25) is 0 Å². The molecule has 0 aliphatic heterocycles. The van der Waals surface area contributed by atoms with Crippen molar-refractivity contribution < 1.29 is 0 Å². The van der Waals surface area contributed by atoms with Gasteiger partial charge in [0.2, 0.25) is 0 Å². The summed E-state index contributed by atoms with van der Waals surface area (Å²) in [6.07, 6.45) is 16.7. The van der Waals surface area contributed by atoms with Gasteiger partial charge < -0.3 is 0 Å². The molecule has 1 heteroatoms. The monoisotopic (exact) mass is 280 g/mol. The fourth-order valence-electron chi connectivity index (χ4n) is 2.48. The molecule has 0 radical (unpaired) electrons. The first-order chi connectivity index (χ1) is 8.77. The zero-order valence-electron chi connectivity index (χ0n) is 14.3. The maximum absolute atomic E-state index is 5.82. The zero-order chi connectivity index (χ0) is 14.9. The van der Waals surface area contributed by atoms with Gasteiger partial charge in [-0.05, 0) is 11.5 Å². The lowest BCUT2D eigenvalue weighted by Crippen LogP contribution is -2.41. The van der Waals surface area contributed by atoms with Crippen molar-refractivity contribution in [1.29, 1.82) is 0 Å². The van der Waals surface area contributed by atoms with Crippen LogP contribution in [0.25, 0.3) is 0 Å². The SMILES string of the molecule is C#CC(CCCCCCCCC)[Si](C)(C)C(C)(C)C. The first-order valence-electron chi connectivity index (χ1n) is 8.23. The number of rotatable bonds is 9. The summed E-state index contributed by atoms with van der Waals surface area (Å²) in [7, 11) is -1.35. The summed E-state index contributed by atoms with van der Waals surface area (Å²) in [5, 5.41) is 0.408. The Labute approximate surface area is 123 Å². The van der Waals surface area contributed by atoms with Crippen LogP contribution in [0.2, 0.25) is 23.7 Å². The number of unbranched alkanes of at least 4 members (excludes halogenated alkanes) is 6. The summed E-state index contributed by atoms with van der Waals surface area (Å²) in [6, 6.07) is 0. The van der Waals surface area contributed by atoms with Crippen molar-refractivity contribution in [3.05, 3.63) is 0 Å². The molecule has 0 bridgehead atoms. The Morgan fingerprint density at radius 2 is 1.42 bits per heavy atom. The third-order valence-corrected chi connectivity index (χ3v) is 11.2. The van der Waals surface area contributed by atoms with Gasteiger partial charge in [-0.25, -0.2) is 0 Å². The molecule has 0 aliphatic carbocycles. The van der Waals surface area contributed by atoms with Crippen molar-refractivity contribution in [2.24, 2.45) is 0 Å². The Morgan fingerprint density at radius 3 is 1.84 bits per heavy atom. The molecule has 0 saturated heterocycles. The summed E-state index contributed by atoms with van der Waals surface area (Å²) in [6.45, 7) is 14.3. The standard InChI is InChI=1S/C18H36Si/c1-8-10-11-12-13-14-15-16-17(9-2)19(6,7)18(3,4)5/h2,17H,8,10-16H2,1,3-7H3. The van der Waals surface area contributed by atoms with Crippen LogP contribution in [0.3, 0.4) is 0 Å². The van der Waals surface area contributed by atoms with Gasteiger partial charge in [0, 0.05) is 5.54 Å². The van der Waals surface area contributed by atoms with E-state index in [0.29, 0.717) is 10.6 Å². The van der Waals surface area contributed by atoms with Gasteiger partial charge in [-0.1, -0.05) is 85.7 Å². The van der Waals surface area contributed by atoms with Gasteiger partial charge in [0.25, 0.3) is 0 Å². The van der Waals surface area contributed by atoms with Gasteiger partial charge >= 0.3 is 0 Å². The number of terminal acetylenes is 1. The fraction of sp³-hybridized carbons (Fsp3) is 0.889. The Kier molecular flexibility index (Phi) is 8.75. The molecule has 0 aromatic carbocycles. The van der Waals surface area contributed by atoms with Crippen LogP contribution >= 0.6 is 0 Å². The highest BCUT2D eigenvalue weighted by molar-refractivity contribution is 6.82. The summed E-state index contributed by atoms with van der Waals surface area (Å²) < 4.78 is 0. The minimum Gasteiger partial charge on any atom is -0.120 e. The van der Waals surface area contributed by atoms with Gasteiger partial charge in [0.05, 0.1) is 8.07 Å². The van der Waals surface area contributed by atoms with Crippen LogP contribution in [0.1, 0.15) is 79.1 Å². The zero-order valence-corrected chi connectivity index (χ0v) is 15.3. The lowest BCUT2D eigenvalue weighted by molar-refractivity contribution is 0.572. The average Bonchev–Trinajstić information content (AvgIpc) is 2.31. The molecule has 0 N–H and O–H groups in total. The van der Waals surface area contributed by atoms with Crippen molar-refractivity contribution in [3.63, 3.8) is 0 Å². The molecule has 112 valence electrons. The summed E-state index contributed by atoms with van der Waals surface area (Å²) in [5.41, 5.74) is 0.545. The van der Waals surface area contributed by atoms with E-state index in [0.717, 1.165) is 0 Å². The van der Waals surface area contributed by atoms with Crippen LogP contribution < -0.4 is 0 Å². The number of hydrogen-bond donors (Lipinski definition) is 0. The van der Waals surface area contributed by atoms with E-state index in [1.54, 1.807) is 0 Å². The molecule has 0 aliphatic rings. The Morgan fingerprint density at radius 1 is 0.947 bits per heavy atom. The largest absolute Gasteiger partial charge is 0.120 e. The van der Waals surface area contributed by atoms with E-state index in [1.165, 1.54) is 51.4 Å². The molecular formula is C18H36Si. The molecule has 0 aromatic rings. The fourth-order valence-corrected chi connectivity index (χ4v) is 4.87. The van der Waals surface area contributed by atoms with Crippen molar-refractivity contribution in [2.75, 3.05) is 0 Å². The van der Waals surface area contributed by atoms with Crippen molar-refractivity contribution in [1.82, 2.24) is 0 Å². The van der Waals surface area contributed by atoms with Gasteiger partial charge in [0.1, 0.15) is 0 Å².